The van der Waals surface area contributed by atoms with E-state index in [1.807, 2.05) is 22.8 Å². The SMILES string of the molecule is Cc1cc(OC(C)C(=O)N2CCCC(N3CCNCC3=O)C2)ccc1Cl. The highest BCUT2D eigenvalue weighted by Gasteiger charge is 2.33. The summed E-state index contributed by atoms with van der Waals surface area (Å²) in [5.74, 6) is 0.722. The van der Waals surface area contributed by atoms with Gasteiger partial charge in [-0.15, -0.1) is 0 Å². The summed E-state index contributed by atoms with van der Waals surface area (Å²) >= 11 is 6.04. The van der Waals surface area contributed by atoms with Crippen LogP contribution in [0.5, 0.6) is 5.75 Å². The minimum atomic E-state index is -0.576. The molecular formula is C19H26ClN3O3. The number of piperidine rings is 1. The van der Waals surface area contributed by atoms with Gasteiger partial charge in [-0.3, -0.25) is 9.59 Å². The highest BCUT2D eigenvalue weighted by molar-refractivity contribution is 6.31. The number of nitrogens with zero attached hydrogens (tertiary/aromatic N) is 2. The first kappa shape index (κ1) is 19.0. The second-order valence-corrected chi connectivity index (χ2v) is 7.42. The average Bonchev–Trinajstić information content (AvgIpc) is 2.64. The maximum absolute atomic E-state index is 12.8. The van der Waals surface area contributed by atoms with Crippen molar-refractivity contribution in [3.63, 3.8) is 0 Å². The summed E-state index contributed by atoms with van der Waals surface area (Å²) in [5.41, 5.74) is 0.916. The van der Waals surface area contributed by atoms with Gasteiger partial charge >= 0.3 is 0 Å². The Morgan fingerprint density at radius 2 is 2.19 bits per heavy atom. The number of hydrogen-bond donors (Lipinski definition) is 1. The number of likely N-dealkylation sites (tertiary alicyclic amines) is 1. The first-order chi connectivity index (χ1) is 12.5. The number of halogens is 1. The quantitative estimate of drug-likeness (QED) is 0.867. The molecule has 2 heterocycles. The van der Waals surface area contributed by atoms with Crippen molar-refractivity contribution in [3.05, 3.63) is 28.8 Å². The monoisotopic (exact) mass is 379 g/mol. The Balaban J connectivity index is 1.60. The van der Waals surface area contributed by atoms with Gasteiger partial charge in [0.2, 0.25) is 5.91 Å². The maximum Gasteiger partial charge on any atom is 0.263 e. The smallest absolute Gasteiger partial charge is 0.263 e. The van der Waals surface area contributed by atoms with Gasteiger partial charge in [0, 0.05) is 37.2 Å². The molecular weight excluding hydrogens is 354 g/mol. The number of amides is 2. The molecule has 0 radical (unpaired) electrons. The van der Waals surface area contributed by atoms with Crippen LogP contribution in [0.1, 0.15) is 25.3 Å². The van der Waals surface area contributed by atoms with E-state index in [2.05, 4.69) is 5.32 Å². The standard InChI is InChI=1S/C19H26ClN3O3/c1-13-10-16(5-6-17(13)20)26-14(2)19(25)22-8-3-4-15(12-22)23-9-7-21-11-18(23)24/h5-6,10,14-15,21H,3-4,7-9,11-12H2,1-2H3. The minimum absolute atomic E-state index is 0.0371. The first-order valence-electron chi connectivity index (χ1n) is 9.17. The molecule has 0 aliphatic carbocycles. The second-order valence-electron chi connectivity index (χ2n) is 7.02. The predicted octanol–water partition coefficient (Wildman–Crippen LogP) is 1.84. The molecule has 0 aromatic heterocycles. The van der Waals surface area contributed by atoms with Crippen molar-refractivity contribution in [3.8, 4) is 5.75 Å². The van der Waals surface area contributed by atoms with E-state index in [0.717, 1.165) is 24.9 Å². The topological polar surface area (TPSA) is 61.9 Å². The highest BCUT2D eigenvalue weighted by atomic mass is 35.5. The third kappa shape index (κ3) is 4.30. The molecule has 0 spiro atoms. The predicted molar refractivity (Wildman–Crippen MR) is 100 cm³/mol. The average molecular weight is 380 g/mol. The number of carbonyl (C=O) groups is 2. The molecule has 1 aromatic carbocycles. The van der Waals surface area contributed by atoms with E-state index in [4.69, 9.17) is 16.3 Å². The van der Waals surface area contributed by atoms with E-state index >= 15 is 0 Å². The fourth-order valence-electron chi connectivity index (χ4n) is 3.62. The normalized spacial score (nSPS) is 22.3. The molecule has 1 aromatic rings. The van der Waals surface area contributed by atoms with Crippen LogP contribution in [0.3, 0.4) is 0 Å². The van der Waals surface area contributed by atoms with Crippen molar-refractivity contribution in [1.29, 1.82) is 0 Å². The molecule has 0 bridgehead atoms. The van der Waals surface area contributed by atoms with E-state index in [1.54, 1.807) is 19.1 Å². The van der Waals surface area contributed by atoms with Gasteiger partial charge in [0.05, 0.1) is 6.54 Å². The molecule has 26 heavy (non-hydrogen) atoms. The molecule has 2 aliphatic heterocycles. The molecule has 1 N–H and O–H groups in total. The van der Waals surface area contributed by atoms with Gasteiger partial charge in [-0.25, -0.2) is 0 Å². The molecule has 2 aliphatic rings. The Hall–Kier alpha value is -1.79. The van der Waals surface area contributed by atoms with Crippen molar-refractivity contribution in [1.82, 2.24) is 15.1 Å². The fraction of sp³-hybridized carbons (Fsp3) is 0.579. The number of nitrogens with one attached hydrogen (secondary N) is 1. The van der Waals surface area contributed by atoms with Crippen LogP contribution in [0.25, 0.3) is 0 Å². The molecule has 2 unspecified atom stereocenters. The summed E-state index contributed by atoms with van der Waals surface area (Å²) in [6.45, 7) is 6.88. The van der Waals surface area contributed by atoms with Crippen molar-refractivity contribution in [2.75, 3.05) is 32.7 Å². The molecule has 142 valence electrons. The second kappa shape index (κ2) is 8.27. The van der Waals surface area contributed by atoms with Gasteiger partial charge in [0.1, 0.15) is 5.75 Å². The zero-order valence-corrected chi connectivity index (χ0v) is 16.1. The number of aryl methyl sites for hydroxylation is 1. The third-order valence-electron chi connectivity index (χ3n) is 5.07. The molecule has 3 rings (SSSR count). The Bertz CT molecular complexity index is 682. The van der Waals surface area contributed by atoms with Gasteiger partial charge in [-0.1, -0.05) is 11.6 Å². The van der Waals surface area contributed by atoms with Crippen LogP contribution in [0.15, 0.2) is 18.2 Å². The number of rotatable bonds is 4. The first-order valence-corrected chi connectivity index (χ1v) is 9.55. The van der Waals surface area contributed by atoms with Gasteiger partial charge < -0.3 is 19.9 Å². The minimum Gasteiger partial charge on any atom is -0.481 e. The Labute approximate surface area is 159 Å². The molecule has 6 nitrogen and oxygen atoms in total. The Morgan fingerprint density at radius 1 is 1.38 bits per heavy atom. The van der Waals surface area contributed by atoms with Crippen LogP contribution in [0.4, 0.5) is 0 Å². The fourth-order valence-corrected chi connectivity index (χ4v) is 3.74. The van der Waals surface area contributed by atoms with E-state index in [0.29, 0.717) is 37.0 Å². The van der Waals surface area contributed by atoms with E-state index < -0.39 is 6.10 Å². The summed E-state index contributed by atoms with van der Waals surface area (Å²) in [5, 5.41) is 3.77. The summed E-state index contributed by atoms with van der Waals surface area (Å²) < 4.78 is 5.83. The third-order valence-corrected chi connectivity index (χ3v) is 5.49. The van der Waals surface area contributed by atoms with Crippen LogP contribution in [0, 0.1) is 6.92 Å². The van der Waals surface area contributed by atoms with E-state index in [1.165, 1.54) is 0 Å². The number of ether oxygens (including phenoxy) is 1. The Kier molecular flexibility index (Phi) is 6.04. The number of carbonyl (C=O) groups excluding carboxylic acids is 2. The summed E-state index contributed by atoms with van der Waals surface area (Å²) in [6.07, 6.45) is 1.27. The zero-order valence-electron chi connectivity index (χ0n) is 15.3. The summed E-state index contributed by atoms with van der Waals surface area (Å²) in [4.78, 5) is 28.7. The van der Waals surface area contributed by atoms with Gasteiger partial charge in [-0.05, 0) is 50.5 Å². The van der Waals surface area contributed by atoms with E-state index in [-0.39, 0.29) is 17.9 Å². The largest absolute Gasteiger partial charge is 0.481 e. The number of benzene rings is 1. The molecule has 2 fully saturated rings. The zero-order chi connectivity index (χ0) is 18.7. The van der Waals surface area contributed by atoms with Crippen molar-refractivity contribution < 1.29 is 14.3 Å². The van der Waals surface area contributed by atoms with Crippen LogP contribution in [0.2, 0.25) is 5.02 Å². The maximum atomic E-state index is 12.8. The van der Waals surface area contributed by atoms with Crippen LogP contribution >= 0.6 is 11.6 Å². The molecule has 2 saturated heterocycles. The van der Waals surface area contributed by atoms with Crippen LogP contribution in [-0.2, 0) is 9.59 Å². The van der Waals surface area contributed by atoms with Crippen molar-refractivity contribution in [2.24, 2.45) is 0 Å². The van der Waals surface area contributed by atoms with Crippen LogP contribution < -0.4 is 10.1 Å². The summed E-state index contributed by atoms with van der Waals surface area (Å²) in [7, 11) is 0. The van der Waals surface area contributed by atoms with Gasteiger partial charge in [0.25, 0.3) is 5.91 Å². The van der Waals surface area contributed by atoms with Crippen molar-refractivity contribution in [2.45, 2.75) is 38.8 Å². The summed E-state index contributed by atoms with van der Waals surface area (Å²) in [6, 6.07) is 5.49. The highest BCUT2D eigenvalue weighted by Crippen LogP contribution is 2.23. The van der Waals surface area contributed by atoms with Crippen LogP contribution in [-0.4, -0.2) is 66.5 Å². The molecule has 0 saturated carbocycles. The Morgan fingerprint density at radius 3 is 2.92 bits per heavy atom. The lowest BCUT2D eigenvalue weighted by atomic mass is 10.0. The lowest BCUT2D eigenvalue weighted by molar-refractivity contribution is -0.144. The molecule has 7 heteroatoms. The molecule has 2 atom stereocenters. The van der Waals surface area contributed by atoms with Gasteiger partial charge in [-0.2, -0.15) is 0 Å². The number of hydrogen-bond acceptors (Lipinski definition) is 4. The lowest BCUT2D eigenvalue weighted by Gasteiger charge is -2.41. The van der Waals surface area contributed by atoms with E-state index in [9.17, 15) is 9.59 Å². The van der Waals surface area contributed by atoms with Gasteiger partial charge in [0.15, 0.2) is 6.10 Å². The number of piperazine rings is 1. The molecule has 2 amide bonds. The van der Waals surface area contributed by atoms with Crippen molar-refractivity contribution >= 4 is 23.4 Å². The lowest BCUT2D eigenvalue weighted by Crippen LogP contribution is -2.58.